The Bertz CT molecular complexity index is 1100. The lowest BCUT2D eigenvalue weighted by atomic mass is 10.0. The summed E-state index contributed by atoms with van der Waals surface area (Å²) in [5, 5.41) is 10.1. The fourth-order valence-electron chi connectivity index (χ4n) is 3.14. The third kappa shape index (κ3) is 2.95. The Hall–Kier alpha value is -3.47. The molecule has 0 bridgehead atoms. The molecule has 5 heteroatoms. The first-order valence-corrected chi connectivity index (χ1v) is 8.16. The van der Waals surface area contributed by atoms with E-state index in [9.17, 15) is 9.18 Å². The van der Waals surface area contributed by atoms with Crippen LogP contribution >= 0.6 is 0 Å². The molecule has 2 heterocycles. The quantitative estimate of drug-likeness (QED) is 0.565. The van der Waals surface area contributed by atoms with Gasteiger partial charge in [0.2, 0.25) is 0 Å². The minimum Gasteiger partial charge on any atom is -0.477 e. The fourth-order valence-corrected chi connectivity index (χ4v) is 3.14. The number of halogens is 1. The summed E-state index contributed by atoms with van der Waals surface area (Å²) in [7, 11) is 0. The van der Waals surface area contributed by atoms with Crippen LogP contribution < -0.4 is 0 Å². The molecule has 0 spiro atoms. The number of aromatic nitrogens is 2. The van der Waals surface area contributed by atoms with E-state index in [-0.39, 0.29) is 11.5 Å². The molecule has 0 aliphatic heterocycles. The number of rotatable bonds is 4. The van der Waals surface area contributed by atoms with E-state index >= 15 is 0 Å². The molecule has 0 amide bonds. The van der Waals surface area contributed by atoms with Crippen molar-refractivity contribution in [3.63, 3.8) is 0 Å². The number of carbonyl (C=O) groups is 1. The summed E-state index contributed by atoms with van der Waals surface area (Å²) in [4.78, 5) is 18.7. The number of nitrogens with one attached hydrogen (secondary N) is 1. The highest BCUT2D eigenvalue weighted by Gasteiger charge is 2.15. The van der Waals surface area contributed by atoms with Gasteiger partial charge in [-0.05, 0) is 41.5 Å². The second-order valence-electron chi connectivity index (χ2n) is 6.03. The van der Waals surface area contributed by atoms with E-state index in [1.165, 1.54) is 18.2 Å². The van der Waals surface area contributed by atoms with E-state index in [0.717, 1.165) is 22.2 Å². The van der Waals surface area contributed by atoms with E-state index in [2.05, 4.69) is 9.97 Å². The molecule has 4 aromatic rings. The summed E-state index contributed by atoms with van der Waals surface area (Å²) in [6, 6.07) is 19.3. The van der Waals surface area contributed by atoms with Crippen molar-refractivity contribution in [1.82, 2.24) is 9.97 Å². The first kappa shape index (κ1) is 16.0. The van der Waals surface area contributed by atoms with Gasteiger partial charge in [-0.25, -0.2) is 14.2 Å². The smallest absolute Gasteiger partial charge is 0.354 e. The predicted octanol–water partition coefficient (Wildman–Crippen LogP) is 4.66. The van der Waals surface area contributed by atoms with Crippen LogP contribution in [0.5, 0.6) is 0 Å². The maximum atomic E-state index is 13.7. The summed E-state index contributed by atoms with van der Waals surface area (Å²) in [6.07, 6.45) is 0.441. The highest BCUT2D eigenvalue weighted by molar-refractivity contribution is 5.91. The van der Waals surface area contributed by atoms with Crippen molar-refractivity contribution in [3.05, 3.63) is 89.5 Å². The molecule has 26 heavy (non-hydrogen) atoms. The minimum absolute atomic E-state index is 0.00893. The average Bonchev–Trinajstić information content (AvgIpc) is 3.00. The highest BCUT2D eigenvalue weighted by Crippen LogP contribution is 2.32. The highest BCUT2D eigenvalue weighted by atomic mass is 19.1. The van der Waals surface area contributed by atoms with E-state index in [1.54, 1.807) is 18.2 Å². The summed E-state index contributed by atoms with van der Waals surface area (Å²) in [5.74, 6) is -1.37. The zero-order valence-corrected chi connectivity index (χ0v) is 13.7. The van der Waals surface area contributed by atoms with Crippen LogP contribution in [-0.4, -0.2) is 21.0 Å². The summed E-state index contributed by atoms with van der Waals surface area (Å²) in [6.45, 7) is 0. The van der Waals surface area contributed by atoms with Crippen molar-refractivity contribution >= 4 is 16.9 Å². The van der Waals surface area contributed by atoms with Crippen LogP contribution in [0.15, 0.2) is 66.7 Å². The van der Waals surface area contributed by atoms with E-state index in [4.69, 9.17) is 5.11 Å². The number of pyridine rings is 1. The van der Waals surface area contributed by atoms with Crippen molar-refractivity contribution in [2.75, 3.05) is 0 Å². The van der Waals surface area contributed by atoms with Gasteiger partial charge in [0.25, 0.3) is 0 Å². The van der Waals surface area contributed by atoms with Crippen molar-refractivity contribution < 1.29 is 14.3 Å². The maximum absolute atomic E-state index is 13.7. The first-order chi connectivity index (χ1) is 12.6. The Morgan fingerprint density at radius 1 is 1.04 bits per heavy atom. The monoisotopic (exact) mass is 346 g/mol. The van der Waals surface area contributed by atoms with Crippen molar-refractivity contribution in [2.45, 2.75) is 6.42 Å². The maximum Gasteiger partial charge on any atom is 0.354 e. The molecule has 4 rings (SSSR count). The third-order valence-corrected chi connectivity index (χ3v) is 4.31. The SMILES string of the molecule is O=C(O)c1cccc(Cc2c(-c3ccccc3)[nH]c3cc(F)ccc23)n1. The number of hydrogen-bond donors (Lipinski definition) is 2. The number of H-pyrrole nitrogens is 1. The Morgan fingerprint density at radius 2 is 1.85 bits per heavy atom. The number of hydrogen-bond acceptors (Lipinski definition) is 2. The summed E-state index contributed by atoms with van der Waals surface area (Å²) < 4.78 is 13.7. The van der Waals surface area contributed by atoms with Gasteiger partial charge in [0.05, 0.1) is 5.69 Å². The molecule has 0 saturated carbocycles. The molecule has 2 N–H and O–H groups in total. The van der Waals surface area contributed by atoms with Gasteiger partial charge in [0.1, 0.15) is 11.5 Å². The van der Waals surface area contributed by atoms with Crippen LogP contribution in [0.2, 0.25) is 0 Å². The molecule has 0 radical (unpaired) electrons. The average molecular weight is 346 g/mol. The summed E-state index contributed by atoms with van der Waals surface area (Å²) in [5.41, 5.74) is 4.18. The Balaban J connectivity index is 1.87. The summed E-state index contributed by atoms with van der Waals surface area (Å²) >= 11 is 0. The lowest BCUT2D eigenvalue weighted by Gasteiger charge is -2.06. The normalized spacial score (nSPS) is 11.0. The van der Waals surface area contributed by atoms with Gasteiger partial charge >= 0.3 is 5.97 Å². The molecular weight excluding hydrogens is 331 g/mol. The minimum atomic E-state index is -1.06. The number of aromatic amines is 1. The molecule has 128 valence electrons. The first-order valence-electron chi connectivity index (χ1n) is 8.16. The molecule has 0 unspecified atom stereocenters. The zero-order valence-electron chi connectivity index (χ0n) is 13.7. The molecule has 0 aliphatic rings. The molecule has 2 aromatic heterocycles. The number of aromatic carboxylic acids is 1. The van der Waals surface area contributed by atoms with E-state index < -0.39 is 5.97 Å². The van der Waals surface area contributed by atoms with Crippen molar-refractivity contribution in [2.24, 2.45) is 0 Å². The molecule has 0 aliphatic carbocycles. The van der Waals surface area contributed by atoms with Crippen LogP contribution in [0, 0.1) is 5.82 Å². The van der Waals surface area contributed by atoms with E-state index in [0.29, 0.717) is 17.6 Å². The second kappa shape index (κ2) is 6.44. The molecule has 0 fully saturated rings. The Morgan fingerprint density at radius 3 is 2.62 bits per heavy atom. The number of nitrogens with zero attached hydrogens (tertiary/aromatic N) is 1. The van der Waals surface area contributed by atoms with E-state index in [1.807, 2.05) is 30.3 Å². The number of benzene rings is 2. The van der Waals surface area contributed by atoms with Crippen LogP contribution in [-0.2, 0) is 6.42 Å². The van der Waals surface area contributed by atoms with Gasteiger partial charge in [-0.15, -0.1) is 0 Å². The standard InChI is InChI=1S/C21H15FN2O2/c22-14-9-10-16-17(12-15-7-4-8-18(23-15)21(25)26)20(24-19(16)11-14)13-5-2-1-3-6-13/h1-11,24H,12H2,(H,25,26). The number of fused-ring (bicyclic) bond motifs is 1. The molecule has 0 saturated heterocycles. The lowest BCUT2D eigenvalue weighted by molar-refractivity contribution is 0.0690. The topological polar surface area (TPSA) is 66.0 Å². The molecule has 4 nitrogen and oxygen atoms in total. The van der Waals surface area contributed by atoms with Crippen LogP contribution in [0.4, 0.5) is 4.39 Å². The van der Waals surface area contributed by atoms with Gasteiger partial charge in [-0.3, -0.25) is 0 Å². The molecular formula is C21H15FN2O2. The fraction of sp³-hybridized carbons (Fsp3) is 0.0476. The molecule has 2 aromatic carbocycles. The van der Waals surface area contributed by atoms with Crippen LogP contribution in [0.25, 0.3) is 22.2 Å². The van der Waals surface area contributed by atoms with Crippen LogP contribution in [0.3, 0.4) is 0 Å². The van der Waals surface area contributed by atoms with Gasteiger partial charge in [0, 0.05) is 23.0 Å². The predicted molar refractivity (Wildman–Crippen MR) is 97.7 cm³/mol. The van der Waals surface area contributed by atoms with Gasteiger partial charge < -0.3 is 10.1 Å². The van der Waals surface area contributed by atoms with Crippen LogP contribution in [0.1, 0.15) is 21.7 Å². The van der Waals surface area contributed by atoms with Crippen molar-refractivity contribution in [3.8, 4) is 11.3 Å². The third-order valence-electron chi connectivity index (χ3n) is 4.31. The van der Waals surface area contributed by atoms with Crippen molar-refractivity contribution in [1.29, 1.82) is 0 Å². The lowest BCUT2D eigenvalue weighted by Crippen LogP contribution is -2.03. The largest absolute Gasteiger partial charge is 0.477 e. The van der Waals surface area contributed by atoms with Gasteiger partial charge in [0.15, 0.2) is 0 Å². The number of carboxylic acids is 1. The molecule has 0 atom stereocenters. The Labute approximate surface area is 149 Å². The van der Waals surface area contributed by atoms with Gasteiger partial charge in [-0.2, -0.15) is 0 Å². The second-order valence-corrected chi connectivity index (χ2v) is 6.03. The Kier molecular flexibility index (Phi) is 3.97. The zero-order chi connectivity index (χ0) is 18.1. The number of carboxylic acid groups (broad SMARTS) is 1. The van der Waals surface area contributed by atoms with Gasteiger partial charge in [-0.1, -0.05) is 36.4 Å².